The van der Waals surface area contributed by atoms with E-state index in [1.807, 2.05) is 0 Å². The predicted molar refractivity (Wildman–Crippen MR) is 133 cm³/mol. The Bertz CT molecular complexity index is 1280. The predicted octanol–water partition coefficient (Wildman–Crippen LogP) is 5.88. The fourth-order valence-electron chi connectivity index (χ4n) is 2.62. The zero-order valence-electron chi connectivity index (χ0n) is 18.5. The van der Waals surface area contributed by atoms with Crippen LogP contribution in [0.4, 0.5) is 0 Å². The molecule has 0 aliphatic rings. The first-order valence-electron chi connectivity index (χ1n) is 10.1. The number of hydrogen-bond donors (Lipinski definition) is 0. The summed E-state index contributed by atoms with van der Waals surface area (Å²) in [7, 11) is 0. The number of carbonyl (C=O) groups is 2. The number of ether oxygens (including phenoxy) is 4. The van der Waals surface area contributed by atoms with Crippen LogP contribution in [0, 0.1) is 0 Å². The molecular formula is C27H21O7S+. The largest absolute Gasteiger partial charge is 0.515 e. The first kappa shape index (κ1) is 25.1. The Kier molecular flexibility index (Phi) is 8.64. The molecule has 0 unspecified atom stereocenters. The second-order valence-electron chi connectivity index (χ2n) is 6.65. The number of rotatable bonds is 10. The second kappa shape index (κ2) is 12.1. The minimum atomic E-state index is -0.607. The maximum atomic E-state index is 11.7. The average molecular weight is 490 g/mol. The molecule has 0 aliphatic carbocycles. The molecule has 8 heteroatoms. The van der Waals surface area contributed by atoms with Gasteiger partial charge in [-0.3, -0.25) is 4.74 Å². The quantitative estimate of drug-likeness (QED) is 0.152. The van der Waals surface area contributed by atoms with Gasteiger partial charge in [-0.1, -0.05) is 37.6 Å². The highest BCUT2D eigenvalue weighted by molar-refractivity contribution is 7.99. The third kappa shape index (κ3) is 7.48. The van der Waals surface area contributed by atoms with E-state index in [1.54, 1.807) is 66.7 Å². The first-order chi connectivity index (χ1) is 16.9. The molecule has 176 valence electrons. The lowest BCUT2D eigenvalue weighted by molar-refractivity contribution is -0.129. The van der Waals surface area contributed by atoms with Crippen LogP contribution in [0.15, 0.2) is 114 Å². The van der Waals surface area contributed by atoms with Crippen molar-refractivity contribution >= 4 is 29.7 Å². The highest BCUT2D eigenvalue weighted by Gasteiger charge is 2.14. The SMILES string of the molecule is C=CC(=O)Oc1cccc(Oc2cc(OC(=O)C=C)ccc2Sc2ccc(OC(=[OH+])C=C)cc2)c1. The highest BCUT2D eigenvalue weighted by atomic mass is 32.2. The third-order valence-corrected chi connectivity index (χ3v) is 5.23. The van der Waals surface area contributed by atoms with Crippen molar-refractivity contribution in [2.75, 3.05) is 0 Å². The molecule has 0 fully saturated rings. The zero-order valence-corrected chi connectivity index (χ0v) is 19.3. The van der Waals surface area contributed by atoms with Gasteiger partial charge < -0.3 is 19.0 Å². The molecule has 0 amide bonds. The summed E-state index contributed by atoms with van der Waals surface area (Å²) >= 11 is 1.39. The van der Waals surface area contributed by atoms with Crippen molar-refractivity contribution in [3.05, 3.63) is 105 Å². The Morgan fingerprint density at radius 1 is 0.714 bits per heavy atom. The van der Waals surface area contributed by atoms with Gasteiger partial charge in [-0.15, -0.1) is 0 Å². The molecule has 0 bridgehead atoms. The van der Waals surface area contributed by atoms with Crippen molar-refractivity contribution in [2.45, 2.75) is 9.79 Å². The lowest BCUT2D eigenvalue weighted by Crippen LogP contribution is -2.03. The molecule has 0 saturated heterocycles. The van der Waals surface area contributed by atoms with Crippen LogP contribution in [0.2, 0.25) is 0 Å². The van der Waals surface area contributed by atoms with E-state index in [0.717, 1.165) is 17.0 Å². The first-order valence-corrected chi connectivity index (χ1v) is 11.0. The average Bonchev–Trinajstić information content (AvgIpc) is 2.86. The van der Waals surface area contributed by atoms with Gasteiger partial charge in [-0.2, -0.15) is 0 Å². The molecular weight excluding hydrogens is 468 g/mol. The van der Waals surface area contributed by atoms with Gasteiger partial charge in [0, 0.05) is 41.3 Å². The summed E-state index contributed by atoms with van der Waals surface area (Å²) in [5, 5.41) is 0. The van der Waals surface area contributed by atoms with Crippen LogP contribution in [0.25, 0.3) is 0 Å². The summed E-state index contributed by atoms with van der Waals surface area (Å²) < 4.78 is 21.6. The Morgan fingerprint density at radius 2 is 1.31 bits per heavy atom. The van der Waals surface area contributed by atoms with E-state index >= 15 is 0 Å². The van der Waals surface area contributed by atoms with Crippen LogP contribution in [-0.4, -0.2) is 22.7 Å². The van der Waals surface area contributed by atoms with Gasteiger partial charge in [-0.05, 0) is 36.4 Å². The van der Waals surface area contributed by atoms with Crippen molar-refractivity contribution in [1.29, 1.82) is 0 Å². The maximum absolute atomic E-state index is 11.7. The van der Waals surface area contributed by atoms with Crippen LogP contribution in [0.3, 0.4) is 0 Å². The minimum Gasteiger partial charge on any atom is -0.456 e. The van der Waals surface area contributed by atoms with Crippen molar-refractivity contribution in [1.82, 2.24) is 0 Å². The number of hydrogen-bond acceptors (Lipinski definition) is 7. The number of benzene rings is 3. The van der Waals surface area contributed by atoms with Gasteiger partial charge in [-0.25, -0.2) is 9.59 Å². The highest BCUT2D eigenvalue weighted by Crippen LogP contribution is 2.40. The van der Waals surface area contributed by atoms with Crippen LogP contribution >= 0.6 is 11.8 Å². The van der Waals surface area contributed by atoms with E-state index in [0.29, 0.717) is 22.1 Å². The van der Waals surface area contributed by atoms with E-state index in [9.17, 15) is 14.4 Å². The molecule has 3 aromatic carbocycles. The van der Waals surface area contributed by atoms with Gasteiger partial charge in [0.05, 0.1) is 11.0 Å². The molecule has 0 atom stereocenters. The van der Waals surface area contributed by atoms with Crippen molar-refractivity contribution in [3.63, 3.8) is 0 Å². The molecule has 0 saturated carbocycles. The normalized spacial score (nSPS) is 9.94. The minimum absolute atomic E-state index is 0.266. The van der Waals surface area contributed by atoms with Crippen molar-refractivity contribution in [3.8, 4) is 28.7 Å². The van der Waals surface area contributed by atoms with E-state index in [-0.39, 0.29) is 17.5 Å². The molecule has 3 rings (SSSR count). The molecule has 0 aromatic heterocycles. The summed E-state index contributed by atoms with van der Waals surface area (Å²) in [4.78, 5) is 34.2. The van der Waals surface area contributed by atoms with E-state index < -0.39 is 11.9 Å². The molecule has 0 heterocycles. The lowest BCUT2D eigenvalue weighted by Gasteiger charge is -2.13. The Labute approximate surface area is 206 Å². The third-order valence-electron chi connectivity index (χ3n) is 4.17. The van der Waals surface area contributed by atoms with Crippen LogP contribution in [0.1, 0.15) is 0 Å². The van der Waals surface area contributed by atoms with E-state index in [1.165, 1.54) is 17.8 Å². The molecule has 0 spiro atoms. The summed E-state index contributed by atoms with van der Waals surface area (Å²) in [5.74, 6) is 0.288. The summed E-state index contributed by atoms with van der Waals surface area (Å²) in [6.07, 6.45) is 3.32. The van der Waals surface area contributed by atoms with Crippen LogP contribution in [0.5, 0.6) is 28.7 Å². The summed E-state index contributed by atoms with van der Waals surface area (Å²) in [6, 6.07) is 18.5. The molecule has 1 N–H and O–H groups in total. The number of carbonyl (C=O) groups excluding carboxylic acids is 3. The Hall–Kier alpha value is -4.56. The summed E-state index contributed by atoms with van der Waals surface area (Å²) in [6.45, 7) is 10.2. The Morgan fingerprint density at radius 3 is 1.94 bits per heavy atom. The van der Waals surface area contributed by atoms with Crippen LogP contribution < -0.4 is 18.9 Å². The molecule has 0 aliphatic heterocycles. The lowest BCUT2D eigenvalue weighted by atomic mass is 10.3. The van der Waals surface area contributed by atoms with E-state index in [4.69, 9.17) is 18.9 Å². The van der Waals surface area contributed by atoms with Gasteiger partial charge in [0.15, 0.2) is 0 Å². The Balaban J connectivity index is 1.88. The number of esters is 3. The topological polar surface area (TPSA) is 92.5 Å². The fraction of sp³-hybridized carbons (Fsp3) is 0. The van der Waals surface area contributed by atoms with Gasteiger partial charge in [0.1, 0.15) is 23.0 Å². The smallest absolute Gasteiger partial charge is 0.456 e. The monoisotopic (exact) mass is 489 g/mol. The van der Waals surface area contributed by atoms with Gasteiger partial charge in [0.25, 0.3) is 0 Å². The summed E-state index contributed by atoms with van der Waals surface area (Å²) in [5.41, 5.74) is 0. The zero-order chi connectivity index (χ0) is 25.2. The van der Waals surface area contributed by atoms with Crippen molar-refractivity contribution in [2.24, 2.45) is 0 Å². The van der Waals surface area contributed by atoms with Gasteiger partial charge in [0.2, 0.25) is 5.75 Å². The van der Waals surface area contributed by atoms with E-state index in [2.05, 4.69) is 19.7 Å². The second-order valence-corrected chi connectivity index (χ2v) is 7.77. The molecule has 0 radical (unpaired) electrons. The standard InChI is InChI=1S/C27H20O7S/c1-4-25(28)32-18-10-13-22(14-11-18)35-24-15-12-21(34-27(30)6-3)17-23(24)31-19-8-7-9-20(16-19)33-26(29)5-2/h4-17H,1-3H2/p+1. The molecule has 7 nitrogen and oxygen atoms in total. The van der Waals surface area contributed by atoms with Crippen molar-refractivity contribution < 1.29 is 33.3 Å². The molecule has 35 heavy (non-hydrogen) atoms. The fourth-order valence-corrected chi connectivity index (χ4v) is 3.49. The van der Waals surface area contributed by atoms with Gasteiger partial charge >= 0.3 is 17.9 Å². The molecule has 3 aromatic rings. The van der Waals surface area contributed by atoms with Crippen LogP contribution in [-0.2, 0) is 9.59 Å². The maximum Gasteiger partial charge on any atom is 0.515 e.